The van der Waals surface area contributed by atoms with E-state index in [0.717, 1.165) is 45.6 Å². The number of piperidine rings is 1. The summed E-state index contributed by atoms with van der Waals surface area (Å²) in [5.41, 5.74) is 1.18. The molecule has 0 saturated carbocycles. The van der Waals surface area contributed by atoms with E-state index < -0.39 is 0 Å². The van der Waals surface area contributed by atoms with Crippen molar-refractivity contribution in [3.63, 3.8) is 0 Å². The average molecular weight is 331 g/mol. The first-order valence-corrected chi connectivity index (χ1v) is 9.14. The number of aromatic hydroxyl groups is 1. The lowest BCUT2D eigenvalue weighted by molar-refractivity contribution is -0.134. The van der Waals surface area contributed by atoms with Gasteiger partial charge in [-0.3, -0.25) is 4.79 Å². The molecule has 2 fully saturated rings. The molecule has 1 aromatic rings. The van der Waals surface area contributed by atoms with E-state index in [-0.39, 0.29) is 11.3 Å². The molecule has 0 bridgehead atoms. The summed E-state index contributed by atoms with van der Waals surface area (Å²) in [5, 5.41) is 9.78. The Kier molecular flexibility index (Phi) is 5.14. The van der Waals surface area contributed by atoms with Crippen LogP contribution in [0.5, 0.6) is 5.75 Å². The Morgan fingerprint density at radius 2 is 2.29 bits per heavy atom. The summed E-state index contributed by atoms with van der Waals surface area (Å²) in [4.78, 5) is 14.6. The molecular weight excluding hydrogens is 302 g/mol. The van der Waals surface area contributed by atoms with Crippen LogP contribution in [0.4, 0.5) is 0 Å². The van der Waals surface area contributed by atoms with Crippen LogP contribution in [0.3, 0.4) is 0 Å². The molecule has 4 nitrogen and oxygen atoms in total. The topological polar surface area (TPSA) is 49.8 Å². The smallest absolute Gasteiger partial charge is 0.222 e. The summed E-state index contributed by atoms with van der Waals surface area (Å²) >= 11 is 0. The van der Waals surface area contributed by atoms with Gasteiger partial charge in [-0.25, -0.2) is 0 Å². The van der Waals surface area contributed by atoms with Crippen LogP contribution in [0.25, 0.3) is 0 Å². The summed E-state index contributed by atoms with van der Waals surface area (Å²) in [6, 6.07) is 7.58. The third-order valence-electron chi connectivity index (χ3n) is 6.13. The fourth-order valence-corrected chi connectivity index (χ4v) is 4.05. The summed E-state index contributed by atoms with van der Waals surface area (Å²) in [6.45, 7) is 7.74. The van der Waals surface area contributed by atoms with Gasteiger partial charge in [0.25, 0.3) is 0 Å². The normalized spacial score (nSPS) is 30.5. The zero-order valence-electron chi connectivity index (χ0n) is 14.8. The van der Waals surface area contributed by atoms with Gasteiger partial charge in [-0.05, 0) is 54.2 Å². The highest BCUT2D eigenvalue weighted by atomic mass is 16.5. The van der Waals surface area contributed by atoms with Crippen molar-refractivity contribution in [3.05, 3.63) is 29.8 Å². The molecule has 1 amide bonds. The molecule has 0 aromatic heterocycles. The maximum atomic E-state index is 12.5. The standard InChI is InChI=1S/C20H29NO3/c1-15-13-21(19(23)7-6-16-8-11-24-14-16)10-9-20(15,2)17-4-3-5-18(22)12-17/h3-5,12,15-16,22H,6-11,13-14H2,1-2H3. The lowest BCUT2D eigenvalue weighted by atomic mass is 9.68. The second kappa shape index (κ2) is 7.14. The van der Waals surface area contributed by atoms with Gasteiger partial charge >= 0.3 is 0 Å². The van der Waals surface area contributed by atoms with E-state index in [1.54, 1.807) is 6.07 Å². The van der Waals surface area contributed by atoms with E-state index in [1.807, 2.05) is 17.0 Å². The Morgan fingerprint density at radius 3 is 2.96 bits per heavy atom. The minimum atomic E-state index is 0.00874. The van der Waals surface area contributed by atoms with Crippen LogP contribution in [0.2, 0.25) is 0 Å². The second-order valence-electron chi connectivity index (χ2n) is 7.73. The number of phenols is 1. The van der Waals surface area contributed by atoms with Crippen LogP contribution in [-0.4, -0.2) is 42.2 Å². The minimum Gasteiger partial charge on any atom is -0.508 e. The number of likely N-dealkylation sites (tertiary alicyclic amines) is 1. The molecule has 24 heavy (non-hydrogen) atoms. The summed E-state index contributed by atoms with van der Waals surface area (Å²) in [5.74, 6) is 1.53. The van der Waals surface area contributed by atoms with Crippen LogP contribution in [-0.2, 0) is 14.9 Å². The number of carbonyl (C=O) groups is 1. The Labute approximate surface area is 144 Å². The fraction of sp³-hybridized carbons (Fsp3) is 0.650. The third-order valence-corrected chi connectivity index (χ3v) is 6.13. The first-order chi connectivity index (χ1) is 11.5. The van der Waals surface area contributed by atoms with Crippen LogP contribution in [0, 0.1) is 11.8 Å². The molecule has 1 N–H and O–H groups in total. The summed E-state index contributed by atoms with van der Waals surface area (Å²) in [7, 11) is 0. The molecule has 4 heteroatoms. The van der Waals surface area contributed by atoms with Crippen molar-refractivity contribution in [3.8, 4) is 5.75 Å². The molecular formula is C20H29NO3. The van der Waals surface area contributed by atoms with E-state index in [0.29, 0.717) is 24.0 Å². The number of hydrogen-bond acceptors (Lipinski definition) is 3. The molecule has 2 aliphatic heterocycles. The number of rotatable bonds is 4. The number of hydrogen-bond donors (Lipinski definition) is 1. The highest BCUT2D eigenvalue weighted by molar-refractivity contribution is 5.76. The first kappa shape index (κ1) is 17.3. The van der Waals surface area contributed by atoms with Crippen molar-refractivity contribution in [1.29, 1.82) is 0 Å². The fourth-order valence-electron chi connectivity index (χ4n) is 4.05. The van der Waals surface area contributed by atoms with Crippen molar-refractivity contribution in [2.75, 3.05) is 26.3 Å². The number of phenolic OH excluding ortho intramolecular Hbond substituents is 1. The SMILES string of the molecule is CC1CN(C(=O)CCC2CCOC2)CCC1(C)c1cccc(O)c1. The molecule has 2 heterocycles. The van der Waals surface area contributed by atoms with Crippen molar-refractivity contribution in [1.82, 2.24) is 4.90 Å². The van der Waals surface area contributed by atoms with Crippen LogP contribution >= 0.6 is 0 Å². The van der Waals surface area contributed by atoms with Gasteiger partial charge in [-0.15, -0.1) is 0 Å². The largest absolute Gasteiger partial charge is 0.508 e. The van der Waals surface area contributed by atoms with Gasteiger partial charge in [0.15, 0.2) is 0 Å². The lowest BCUT2D eigenvalue weighted by Gasteiger charge is -2.45. The molecule has 132 valence electrons. The average Bonchev–Trinajstić information content (AvgIpc) is 3.08. The van der Waals surface area contributed by atoms with Crippen molar-refractivity contribution < 1.29 is 14.6 Å². The lowest BCUT2D eigenvalue weighted by Crippen LogP contribution is -2.49. The van der Waals surface area contributed by atoms with Crippen LogP contribution < -0.4 is 0 Å². The molecule has 3 unspecified atom stereocenters. The Morgan fingerprint density at radius 1 is 1.46 bits per heavy atom. The molecule has 0 aliphatic carbocycles. The van der Waals surface area contributed by atoms with Gasteiger partial charge in [0.2, 0.25) is 5.91 Å². The quantitative estimate of drug-likeness (QED) is 0.920. The molecule has 0 spiro atoms. The van der Waals surface area contributed by atoms with E-state index in [9.17, 15) is 9.90 Å². The molecule has 2 aliphatic rings. The zero-order chi connectivity index (χ0) is 17.2. The van der Waals surface area contributed by atoms with E-state index in [1.165, 1.54) is 5.56 Å². The highest BCUT2D eigenvalue weighted by Crippen LogP contribution is 2.40. The van der Waals surface area contributed by atoms with Gasteiger partial charge in [0, 0.05) is 32.7 Å². The monoisotopic (exact) mass is 331 g/mol. The maximum Gasteiger partial charge on any atom is 0.222 e. The molecule has 1 aromatic carbocycles. The number of nitrogens with zero attached hydrogens (tertiary/aromatic N) is 1. The third kappa shape index (κ3) is 3.59. The van der Waals surface area contributed by atoms with E-state index in [2.05, 4.69) is 19.9 Å². The highest BCUT2D eigenvalue weighted by Gasteiger charge is 2.39. The number of ether oxygens (including phenoxy) is 1. The van der Waals surface area contributed by atoms with E-state index in [4.69, 9.17) is 4.74 Å². The molecule has 2 saturated heterocycles. The molecule has 0 radical (unpaired) electrons. The maximum absolute atomic E-state index is 12.5. The van der Waals surface area contributed by atoms with Crippen LogP contribution in [0.1, 0.15) is 45.1 Å². The number of amides is 1. The van der Waals surface area contributed by atoms with Gasteiger partial charge < -0.3 is 14.7 Å². The van der Waals surface area contributed by atoms with Gasteiger partial charge in [-0.1, -0.05) is 26.0 Å². The predicted octanol–water partition coefficient (Wildman–Crippen LogP) is 3.34. The van der Waals surface area contributed by atoms with Gasteiger partial charge in [0.05, 0.1) is 0 Å². The zero-order valence-corrected chi connectivity index (χ0v) is 14.8. The molecule has 3 atom stereocenters. The second-order valence-corrected chi connectivity index (χ2v) is 7.73. The van der Waals surface area contributed by atoms with E-state index >= 15 is 0 Å². The molecule has 3 rings (SSSR count). The number of benzene rings is 1. The first-order valence-electron chi connectivity index (χ1n) is 9.14. The van der Waals surface area contributed by atoms with Crippen molar-refractivity contribution >= 4 is 5.91 Å². The Balaban J connectivity index is 1.59. The van der Waals surface area contributed by atoms with Gasteiger partial charge in [-0.2, -0.15) is 0 Å². The van der Waals surface area contributed by atoms with Crippen molar-refractivity contribution in [2.24, 2.45) is 11.8 Å². The summed E-state index contributed by atoms with van der Waals surface area (Å²) < 4.78 is 5.39. The van der Waals surface area contributed by atoms with Crippen LogP contribution in [0.15, 0.2) is 24.3 Å². The number of carbonyl (C=O) groups excluding carboxylic acids is 1. The Bertz CT molecular complexity index is 582. The predicted molar refractivity (Wildman–Crippen MR) is 94.0 cm³/mol. The summed E-state index contributed by atoms with van der Waals surface area (Å²) in [6.07, 6.45) is 3.63. The minimum absolute atomic E-state index is 0.00874. The van der Waals surface area contributed by atoms with Gasteiger partial charge in [0.1, 0.15) is 5.75 Å². The van der Waals surface area contributed by atoms with Crippen molar-refractivity contribution in [2.45, 2.75) is 44.9 Å². The Hall–Kier alpha value is -1.55.